The van der Waals surface area contributed by atoms with Gasteiger partial charge in [0, 0.05) is 25.6 Å². The lowest BCUT2D eigenvalue weighted by Gasteiger charge is -2.30. The Morgan fingerprint density at radius 3 is 3.00 bits per heavy atom. The molecule has 1 N–H and O–H groups in total. The molecule has 0 aliphatic heterocycles. The molecule has 0 bridgehead atoms. The average Bonchev–Trinajstić information content (AvgIpc) is 2.81. The summed E-state index contributed by atoms with van der Waals surface area (Å²) in [5.74, 6) is 2.04. The fourth-order valence-electron chi connectivity index (χ4n) is 3.59. The molecule has 2 aliphatic carbocycles. The molecule has 0 radical (unpaired) electrons. The molecule has 1 aromatic heterocycles. The number of fused-ring (bicyclic) bond motifs is 1. The smallest absolute Gasteiger partial charge is 0.0794 e. The highest BCUT2D eigenvalue weighted by Crippen LogP contribution is 2.60. The van der Waals surface area contributed by atoms with E-state index in [0.29, 0.717) is 5.41 Å². The van der Waals surface area contributed by atoms with E-state index in [1.165, 1.54) is 25.0 Å². The number of rotatable bonds is 7. The molecule has 0 aromatic carbocycles. The zero-order chi connectivity index (χ0) is 12.4. The standard InChI is InChI=1S/C14H22N2OS/c1-17-3-2-15-9-14(5-11-4-12(11)6-14)7-13-8-18-10-16-13/h8,10-12,15H,2-7,9H2,1H3. The topological polar surface area (TPSA) is 34.1 Å². The van der Waals surface area contributed by atoms with Crippen LogP contribution in [0.1, 0.15) is 25.0 Å². The highest BCUT2D eigenvalue weighted by Gasteiger charge is 2.53. The van der Waals surface area contributed by atoms with Crippen LogP contribution in [-0.4, -0.2) is 31.8 Å². The Morgan fingerprint density at radius 1 is 1.50 bits per heavy atom. The molecule has 0 saturated heterocycles. The van der Waals surface area contributed by atoms with E-state index in [0.717, 1.165) is 38.0 Å². The quantitative estimate of drug-likeness (QED) is 0.769. The molecule has 2 unspecified atom stereocenters. The SMILES string of the molecule is COCCNCC1(Cc2cscn2)CC2CC2C1. The van der Waals surface area contributed by atoms with Gasteiger partial charge in [0.15, 0.2) is 0 Å². The normalized spacial score (nSPS) is 33.6. The maximum absolute atomic E-state index is 5.10. The van der Waals surface area contributed by atoms with E-state index in [4.69, 9.17) is 4.74 Å². The zero-order valence-corrected chi connectivity index (χ0v) is 11.8. The van der Waals surface area contributed by atoms with Crippen LogP contribution in [0.5, 0.6) is 0 Å². The van der Waals surface area contributed by atoms with Gasteiger partial charge in [0.1, 0.15) is 0 Å². The minimum Gasteiger partial charge on any atom is -0.383 e. The van der Waals surface area contributed by atoms with Crippen molar-refractivity contribution in [2.75, 3.05) is 26.8 Å². The van der Waals surface area contributed by atoms with Gasteiger partial charge >= 0.3 is 0 Å². The van der Waals surface area contributed by atoms with Crippen LogP contribution in [-0.2, 0) is 11.2 Å². The van der Waals surface area contributed by atoms with E-state index in [1.54, 1.807) is 18.4 Å². The molecule has 3 rings (SSSR count). The number of hydrogen-bond acceptors (Lipinski definition) is 4. The van der Waals surface area contributed by atoms with Gasteiger partial charge in [-0.15, -0.1) is 11.3 Å². The maximum atomic E-state index is 5.10. The first-order valence-corrected chi connectivity index (χ1v) is 7.82. The summed E-state index contributed by atoms with van der Waals surface area (Å²) in [4.78, 5) is 4.48. The van der Waals surface area contributed by atoms with Crippen molar-refractivity contribution in [3.63, 3.8) is 0 Å². The Balaban J connectivity index is 1.58. The predicted octanol–water partition coefficient (Wildman–Crippen LogP) is 2.34. The first-order valence-electron chi connectivity index (χ1n) is 6.88. The van der Waals surface area contributed by atoms with Crippen molar-refractivity contribution in [1.29, 1.82) is 0 Å². The van der Waals surface area contributed by atoms with Gasteiger partial charge < -0.3 is 10.1 Å². The van der Waals surface area contributed by atoms with Crippen molar-refractivity contribution in [1.82, 2.24) is 10.3 Å². The first kappa shape index (κ1) is 12.6. The van der Waals surface area contributed by atoms with Gasteiger partial charge in [-0.1, -0.05) is 0 Å². The van der Waals surface area contributed by atoms with Crippen LogP contribution in [0, 0.1) is 17.3 Å². The number of aromatic nitrogens is 1. The van der Waals surface area contributed by atoms with Crippen LogP contribution >= 0.6 is 11.3 Å². The van der Waals surface area contributed by atoms with Crippen LogP contribution in [0.2, 0.25) is 0 Å². The molecule has 2 saturated carbocycles. The molecule has 2 atom stereocenters. The lowest BCUT2D eigenvalue weighted by molar-refractivity contribution is 0.186. The van der Waals surface area contributed by atoms with Gasteiger partial charge in [-0.25, -0.2) is 4.98 Å². The lowest BCUT2D eigenvalue weighted by atomic mass is 9.79. The second-order valence-corrected chi connectivity index (χ2v) is 6.71. The Labute approximate surface area is 113 Å². The van der Waals surface area contributed by atoms with E-state index in [2.05, 4.69) is 15.7 Å². The Kier molecular flexibility index (Phi) is 3.68. The Morgan fingerprint density at radius 2 is 2.33 bits per heavy atom. The third-order valence-corrected chi connectivity index (χ3v) is 5.12. The highest BCUT2D eigenvalue weighted by molar-refractivity contribution is 7.07. The van der Waals surface area contributed by atoms with Crippen molar-refractivity contribution < 1.29 is 4.74 Å². The molecular formula is C14H22N2OS. The van der Waals surface area contributed by atoms with Crippen LogP contribution in [0.15, 0.2) is 10.9 Å². The molecule has 2 fully saturated rings. The minimum absolute atomic E-state index is 0.468. The van der Waals surface area contributed by atoms with Gasteiger partial charge in [0.2, 0.25) is 0 Å². The molecular weight excluding hydrogens is 244 g/mol. The second kappa shape index (κ2) is 5.27. The number of thiazole rings is 1. The summed E-state index contributed by atoms with van der Waals surface area (Å²) in [5, 5.41) is 5.78. The van der Waals surface area contributed by atoms with Crippen LogP contribution in [0.4, 0.5) is 0 Å². The molecule has 4 heteroatoms. The molecule has 18 heavy (non-hydrogen) atoms. The average molecular weight is 266 g/mol. The number of methoxy groups -OCH3 is 1. The zero-order valence-electron chi connectivity index (χ0n) is 11.0. The summed E-state index contributed by atoms with van der Waals surface area (Å²) < 4.78 is 5.10. The summed E-state index contributed by atoms with van der Waals surface area (Å²) in [7, 11) is 1.76. The fourth-order valence-corrected chi connectivity index (χ4v) is 4.15. The minimum atomic E-state index is 0.468. The third kappa shape index (κ3) is 2.76. The first-order chi connectivity index (χ1) is 8.81. The van der Waals surface area contributed by atoms with Crippen molar-refractivity contribution in [3.05, 3.63) is 16.6 Å². The molecule has 0 amide bonds. The van der Waals surface area contributed by atoms with Crippen LogP contribution in [0.25, 0.3) is 0 Å². The Hall–Kier alpha value is -0.450. The van der Waals surface area contributed by atoms with Gasteiger partial charge in [-0.05, 0) is 42.9 Å². The number of ether oxygens (including phenoxy) is 1. The van der Waals surface area contributed by atoms with Gasteiger partial charge in [-0.2, -0.15) is 0 Å². The predicted molar refractivity (Wildman–Crippen MR) is 73.8 cm³/mol. The fraction of sp³-hybridized carbons (Fsp3) is 0.786. The van der Waals surface area contributed by atoms with E-state index in [-0.39, 0.29) is 0 Å². The molecule has 1 heterocycles. The van der Waals surface area contributed by atoms with Crippen LogP contribution in [0.3, 0.4) is 0 Å². The lowest BCUT2D eigenvalue weighted by Crippen LogP contribution is -2.36. The van der Waals surface area contributed by atoms with Gasteiger partial charge in [0.25, 0.3) is 0 Å². The van der Waals surface area contributed by atoms with E-state index >= 15 is 0 Å². The van der Waals surface area contributed by atoms with E-state index in [1.807, 2.05) is 5.51 Å². The number of hydrogen-bond donors (Lipinski definition) is 1. The second-order valence-electron chi connectivity index (χ2n) is 5.99. The van der Waals surface area contributed by atoms with Crippen molar-refractivity contribution in [2.45, 2.75) is 25.7 Å². The monoisotopic (exact) mass is 266 g/mol. The van der Waals surface area contributed by atoms with Gasteiger partial charge in [0.05, 0.1) is 17.8 Å². The largest absolute Gasteiger partial charge is 0.383 e. The molecule has 3 nitrogen and oxygen atoms in total. The molecule has 100 valence electrons. The molecule has 1 aromatic rings. The summed E-state index contributed by atoms with van der Waals surface area (Å²) in [6, 6.07) is 0. The molecule has 2 aliphatic rings. The molecule has 0 spiro atoms. The van der Waals surface area contributed by atoms with Crippen molar-refractivity contribution >= 4 is 11.3 Å². The Bertz CT molecular complexity index is 369. The highest BCUT2D eigenvalue weighted by atomic mass is 32.1. The summed E-state index contributed by atoms with van der Waals surface area (Å²) in [6.45, 7) is 2.89. The summed E-state index contributed by atoms with van der Waals surface area (Å²) in [5.41, 5.74) is 3.71. The van der Waals surface area contributed by atoms with Crippen LogP contribution < -0.4 is 5.32 Å². The number of nitrogens with zero attached hydrogens (tertiary/aromatic N) is 1. The van der Waals surface area contributed by atoms with Crippen molar-refractivity contribution in [2.24, 2.45) is 17.3 Å². The maximum Gasteiger partial charge on any atom is 0.0794 e. The summed E-state index contributed by atoms with van der Waals surface area (Å²) in [6.07, 6.45) is 5.44. The van der Waals surface area contributed by atoms with E-state index < -0.39 is 0 Å². The third-order valence-electron chi connectivity index (χ3n) is 4.48. The van der Waals surface area contributed by atoms with Crippen molar-refractivity contribution in [3.8, 4) is 0 Å². The summed E-state index contributed by atoms with van der Waals surface area (Å²) >= 11 is 1.71. The number of nitrogens with one attached hydrogen (secondary N) is 1. The van der Waals surface area contributed by atoms with Gasteiger partial charge in [-0.3, -0.25) is 0 Å². The van der Waals surface area contributed by atoms with E-state index in [9.17, 15) is 0 Å².